The zero-order chi connectivity index (χ0) is 9.71. The van der Waals surface area contributed by atoms with E-state index in [-0.39, 0.29) is 0 Å². The number of nitrogens with zero attached hydrogens (tertiary/aromatic N) is 4. The van der Waals surface area contributed by atoms with Crippen molar-refractivity contribution in [3.8, 4) is 0 Å². The Balaban J connectivity index is 2.41. The van der Waals surface area contributed by atoms with Gasteiger partial charge in [0.25, 0.3) is 0 Å². The van der Waals surface area contributed by atoms with Gasteiger partial charge in [-0.3, -0.25) is 0 Å². The second kappa shape index (κ2) is 2.47. The van der Waals surface area contributed by atoms with Crippen molar-refractivity contribution in [1.29, 1.82) is 0 Å². The summed E-state index contributed by atoms with van der Waals surface area (Å²) in [6.07, 6.45) is 0. The summed E-state index contributed by atoms with van der Waals surface area (Å²) in [4.78, 5) is 0. The van der Waals surface area contributed by atoms with Crippen LogP contribution in [0.1, 0.15) is 22.3 Å². The van der Waals surface area contributed by atoms with E-state index >= 15 is 0 Å². The second-order valence-electron chi connectivity index (χ2n) is 3.70. The Bertz CT molecular complexity index is 444. The molecule has 0 bridgehead atoms. The molecule has 0 radical (unpaired) electrons. The fraction of sp³-hybridized carbons (Fsp3) is 0.400. The molecule has 70 valence electrons. The van der Waals surface area contributed by atoms with E-state index in [4.69, 9.17) is 0 Å². The molecule has 2 aliphatic heterocycles. The zero-order valence-corrected chi connectivity index (χ0v) is 8.20. The Morgan fingerprint density at radius 1 is 0.786 bits per heavy atom. The molecule has 0 saturated carbocycles. The summed E-state index contributed by atoms with van der Waals surface area (Å²) in [5, 5.41) is 16.5. The Labute approximate surface area is 81.8 Å². The minimum Gasteiger partial charge on any atom is -0.184 e. The lowest BCUT2D eigenvalue weighted by Gasteiger charge is -2.09. The van der Waals surface area contributed by atoms with Crippen LogP contribution < -0.4 is 0 Å². The first-order valence-corrected chi connectivity index (χ1v) is 4.69. The van der Waals surface area contributed by atoms with Crippen molar-refractivity contribution < 1.29 is 0 Å². The first kappa shape index (κ1) is 7.79. The van der Waals surface area contributed by atoms with Gasteiger partial charge >= 0.3 is 0 Å². The highest BCUT2D eigenvalue weighted by Gasteiger charge is 2.23. The summed E-state index contributed by atoms with van der Waals surface area (Å²) < 4.78 is 0. The quantitative estimate of drug-likeness (QED) is 0.595. The summed E-state index contributed by atoms with van der Waals surface area (Å²) in [6.45, 7) is 5.60. The highest BCUT2D eigenvalue weighted by Crippen LogP contribution is 2.44. The van der Waals surface area contributed by atoms with Crippen LogP contribution in [0.25, 0.3) is 0 Å². The molecular formula is C10H10N4. The summed E-state index contributed by atoms with van der Waals surface area (Å²) in [7, 11) is 0. The van der Waals surface area contributed by atoms with E-state index in [1.807, 2.05) is 6.92 Å². The van der Waals surface area contributed by atoms with Crippen LogP contribution in [0.5, 0.6) is 0 Å². The van der Waals surface area contributed by atoms with Crippen molar-refractivity contribution in [2.45, 2.75) is 26.9 Å². The van der Waals surface area contributed by atoms with Gasteiger partial charge in [0.05, 0.1) is 24.5 Å². The van der Waals surface area contributed by atoms with E-state index in [0.717, 1.165) is 30.0 Å². The Kier molecular flexibility index (Phi) is 1.37. The van der Waals surface area contributed by atoms with Crippen LogP contribution >= 0.6 is 0 Å². The van der Waals surface area contributed by atoms with Crippen molar-refractivity contribution in [3.63, 3.8) is 0 Å². The van der Waals surface area contributed by atoms with Crippen molar-refractivity contribution in [3.05, 3.63) is 22.3 Å². The lowest BCUT2D eigenvalue weighted by molar-refractivity contribution is 1.00. The van der Waals surface area contributed by atoms with E-state index in [1.54, 1.807) is 0 Å². The average molecular weight is 186 g/mol. The fourth-order valence-electron chi connectivity index (χ4n) is 2.11. The normalized spacial score (nSPS) is 16.1. The topological polar surface area (TPSA) is 49.4 Å². The second-order valence-corrected chi connectivity index (χ2v) is 3.70. The van der Waals surface area contributed by atoms with Gasteiger partial charge in [0.15, 0.2) is 0 Å². The summed E-state index contributed by atoms with van der Waals surface area (Å²) in [5.74, 6) is 0. The van der Waals surface area contributed by atoms with Crippen molar-refractivity contribution in [2.75, 3.05) is 0 Å². The molecule has 2 aliphatic rings. The third kappa shape index (κ3) is 0.780. The largest absolute Gasteiger partial charge is 0.184 e. The van der Waals surface area contributed by atoms with Gasteiger partial charge in [0.2, 0.25) is 0 Å². The van der Waals surface area contributed by atoms with E-state index in [0.29, 0.717) is 0 Å². The van der Waals surface area contributed by atoms with Crippen molar-refractivity contribution in [2.24, 2.45) is 20.5 Å². The van der Waals surface area contributed by atoms with Gasteiger partial charge in [-0.2, -0.15) is 20.5 Å². The van der Waals surface area contributed by atoms with E-state index in [2.05, 4.69) is 27.4 Å². The Hall–Kier alpha value is -1.58. The van der Waals surface area contributed by atoms with E-state index in [9.17, 15) is 0 Å². The monoisotopic (exact) mass is 186 g/mol. The molecule has 4 heteroatoms. The molecular weight excluding hydrogens is 176 g/mol. The zero-order valence-electron chi connectivity index (χ0n) is 8.20. The van der Waals surface area contributed by atoms with Crippen molar-refractivity contribution in [1.82, 2.24) is 0 Å². The van der Waals surface area contributed by atoms with Gasteiger partial charge in [0, 0.05) is 16.7 Å². The lowest BCUT2D eigenvalue weighted by Crippen LogP contribution is -1.93. The molecule has 2 heterocycles. The minimum absolute atomic E-state index is 0.718. The molecule has 0 amide bonds. The van der Waals surface area contributed by atoms with Crippen LogP contribution in [0.15, 0.2) is 20.5 Å². The third-order valence-corrected chi connectivity index (χ3v) is 2.99. The maximum Gasteiger partial charge on any atom is 0.0958 e. The number of benzene rings is 1. The van der Waals surface area contributed by atoms with Crippen LogP contribution in [-0.2, 0) is 13.1 Å². The molecule has 0 unspecified atom stereocenters. The fourth-order valence-corrected chi connectivity index (χ4v) is 2.11. The van der Waals surface area contributed by atoms with Gasteiger partial charge in [-0.15, -0.1) is 0 Å². The maximum atomic E-state index is 4.16. The van der Waals surface area contributed by atoms with E-state index in [1.165, 1.54) is 16.7 Å². The van der Waals surface area contributed by atoms with Gasteiger partial charge in [-0.05, 0) is 19.4 Å². The first-order chi connectivity index (χ1) is 6.79. The maximum absolute atomic E-state index is 4.16. The lowest BCUT2D eigenvalue weighted by atomic mass is 9.95. The highest BCUT2D eigenvalue weighted by molar-refractivity contribution is 5.71. The predicted octanol–water partition coefficient (Wildman–Crippen LogP) is 3.50. The molecule has 0 aliphatic carbocycles. The summed E-state index contributed by atoms with van der Waals surface area (Å²) in [6, 6.07) is 0. The van der Waals surface area contributed by atoms with Gasteiger partial charge in [0.1, 0.15) is 0 Å². The standard InChI is InChI=1S/C10H10N4/c1-5-7-3-11-13-9(7)6(2)10-8(5)4-12-14-10/h3-4H2,1-2H3. The Morgan fingerprint density at radius 3 is 1.79 bits per heavy atom. The molecule has 0 aromatic heterocycles. The predicted molar refractivity (Wildman–Crippen MR) is 52.4 cm³/mol. The van der Waals surface area contributed by atoms with Crippen LogP contribution in [0, 0.1) is 13.8 Å². The number of azo groups is 2. The van der Waals surface area contributed by atoms with Crippen molar-refractivity contribution >= 4 is 11.4 Å². The average Bonchev–Trinajstić information content (AvgIpc) is 2.82. The minimum atomic E-state index is 0.718. The van der Waals surface area contributed by atoms with E-state index < -0.39 is 0 Å². The number of fused-ring (bicyclic) bond motifs is 2. The summed E-state index contributed by atoms with van der Waals surface area (Å²) >= 11 is 0. The molecule has 0 atom stereocenters. The molecule has 0 spiro atoms. The van der Waals surface area contributed by atoms with Gasteiger partial charge < -0.3 is 0 Å². The molecule has 3 rings (SSSR count). The number of hydrogen-bond donors (Lipinski definition) is 0. The number of hydrogen-bond acceptors (Lipinski definition) is 4. The smallest absolute Gasteiger partial charge is 0.0958 e. The SMILES string of the molecule is Cc1c2c(c(C)c3c1CN=N3)N=NC2. The van der Waals surface area contributed by atoms with Gasteiger partial charge in [-0.25, -0.2) is 0 Å². The van der Waals surface area contributed by atoms with Crippen LogP contribution in [0.2, 0.25) is 0 Å². The third-order valence-electron chi connectivity index (χ3n) is 2.99. The van der Waals surface area contributed by atoms with Crippen LogP contribution in [0.4, 0.5) is 11.4 Å². The van der Waals surface area contributed by atoms with Crippen LogP contribution in [0.3, 0.4) is 0 Å². The first-order valence-electron chi connectivity index (χ1n) is 4.69. The van der Waals surface area contributed by atoms with Gasteiger partial charge in [-0.1, -0.05) is 0 Å². The Morgan fingerprint density at radius 2 is 1.29 bits per heavy atom. The molecule has 0 saturated heterocycles. The van der Waals surface area contributed by atoms with Crippen LogP contribution in [-0.4, -0.2) is 0 Å². The molecule has 0 fully saturated rings. The highest BCUT2D eigenvalue weighted by atomic mass is 15.2. The molecule has 1 aromatic rings. The molecule has 0 N–H and O–H groups in total. The molecule has 4 nitrogen and oxygen atoms in total. The summed E-state index contributed by atoms with van der Waals surface area (Å²) in [5.41, 5.74) is 6.95. The molecule has 1 aromatic carbocycles. The molecule has 14 heavy (non-hydrogen) atoms. The number of rotatable bonds is 0.